The van der Waals surface area contributed by atoms with Crippen molar-refractivity contribution in [2.24, 2.45) is 5.16 Å². The van der Waals surface area contributed by atoms with Crippen molar-refractivity contribution in [3.8, 4) is 0 Å². The van der Waals surface area contributed by atoms with Crippen molar-refractivity contribution >= 4 is 62.3 Å². The van der Waals surface area contributed by atoms with E-state index in [4.69, 9.17) is 28.4 Å². The molecule has 4 aromatic carbocycles. The molecule has 0 aliphatic heterocycles. The highest BCUT2D eigenvalue weighted by Crippen LogP contribution is 2.35. The Morgan fingerprint density at radius 3 is 2.25 bits per heavy atom. The molecule has 0 bridgehead atoms. The van der Waals surface area contributed by atoms with Crippen LogP contribution in [0.4, 0.5) is 11.4 Å². The van der Waals surface area contributed by atoms with Gasteiger partial charge in [0.2, 0.25) is 0 Å². The highest BCUT2D eigenvalue weighted by atomic mass is 35.5. The SMILES string of the molecule is O/N=C\c1ccc2ccccc2c1NCCNCCNc1c(Cl)ccc2cccc(Cl)c12. The molecule has 0 heterocycles. The summed E-state index contributed by atoms with van der Waals surface area (Å²) in [6.07, 6.45) is 1.45. The number of hydrogen-bond acceptors (Lipinski definition) is 5. The Morgan fingerprint density at radius 1 is 0.719 bits per heavy atom. The molecular weight excluding hydrogens is 443 g/mol. The molecule has 4 rings (SSSR count). The maximum atomic E-state index is 8.99. The molecule has 0 aromatic heterocycles. The molecule has 0 aliphatic rings. The largest absolute Gasteiger partial charge is 0.411 e. The monoisotopic (exact) mass is 466 g/mol. The number of benzene rings is 4. The smallest absolute Gasteiger partial charge is 0.0754 e. The molecule has 7 heteroatoms. The third kappa shape index (κ3) is 4.91. The molecule has 0 amide bonds. The van der Waals surface area contributed by atoms with Gasteiger partial charge in [-0.2, -0.15) is 0 Å². The predicted molar refractivity (Wildman–Crippen MR) is 137 cm³/mol. The molecule has 0 fully saturated rings. The molecule has 164 valence electrons. The average molecular weight is 467 g/mol. The molecule has 0 saturated carbocycles. The molecule has 32 heavy (non-hydrogen) atoms. The summed E-state index contributed by atoms with van der Waals surface area (Å²) in [6, 6.07) is 21.8. The second-order valence-corrected chi connectivity index (χ2v) is 8.17. The number of fused-ring (bicyclic) bond motifs is 2. The number of rotatable bonds is 9. The van der Waals surface area contributed by atoms with E-state index >= 15 is 0 Å². The second kappa shape index (κ2) is 10.6. The Labute approximate surface area is 197 Å². The van der Waals surface area contributed by atoms with E-state index in [-0.39, 0.29) is 0 Å². The van der Waals surface area contributed by atoms with Crippen LogP contribution in [0.15, 0.2) is 71.9 Å². The van der Waals surface area contributed by atoms with Crippen LogP contribution in [0.3, 0.4) is 0 Å². The summed E-state index contributed by atoms with van der Waals surface area (Å²) in [7, 11) is 0. The van der Waals surface area contributed by atoms with Gasteiger partial charge in [0.15, 0.2) is 0 Å². The Hall–Kier alpha value is -2.99. The van der Waals surface area contributed by atoms with Gasteiger partial charge < -0.3 is 21.2 Å². The van der Waals surface area contributed by atoms with Crippen LogP contribution in [0.1, 0.15) is 5.56 Å². The number of halogens is 2. The summed E-state index contributed by atoms with van der Waals surface area (Å²) in [6.45, 7) is 2.96. The maximum absolute atomic E-state index is 8.99. The molecule has 0 unspecified atom stereocenters. The normalized spacial score (nSPS) is 11.4. The lowest BCUT2D eigenvalue weighted by Crippen LogP contribution is -2.27. The van der Waals surface area contributed by atoms with Crippen LogP contribution >= 0.6 is 23.2 Å². The van der Waals surface area contributed by atoms with Gasteiger partial charge in [-0.05, 0) is 22.9 Å². The van der Waals surface area contributed by atoms with Gasteiger partial charge in [0, 0.05) is 42.5 Å². The topological polar surface area (TPSA) is 68.7 Å². The van der Waals surface area contributed by atoms with Crippen LogP contribution in [0, 0.1) is 0 Å². The summed E-state index contributed by atoms with van der Waals surface area (Å²) in [5.41, 5.74) is 2.66. The van der Waals surface area contributed by atoms with E-state index in [1.807, 2.05) is 54.6 Å². The lowest BCUT2D eigenvalue weighted by molar-refractivity contribution is 0.322. The molecule has 0 saturated heterocycles. The van der Waals surface area contributed by atoms with Crippen molar-refractivity contribution < 1.29 is 5.21 Å². The van der Waals surface area contributed by atoms with E-state index in [9.17, 15) is 0 Å². The first-order valence-electron chi connectivity index (χ1n) is 10.4. The lowest BCUT2D eigenvalue weighted by Gasteiger charge is -2.15. The van der Waals surface area contributed by atoms with Crippen molar-refractivity contribution in [2.45, 2.75) is 0 Å². The minimum Gasteiger partial charge on any atom is -0.411 e. The van der Waals surface area contributed by atoms with Gasteiger partial charge in [0.05, 0.1) is 27.6 Å². The van der Waals surface area contributed by atoms with E-state index in [0.717, 1.165) is 58.1 Å². The molecule has 0 radical (unpaired) electrons. The zero-order valence-corrected chi connectivity index (χ0v) is 18.9. The molecular formula is C25H24Cl2N4O. The first-order valence-corrected chi connectivity index (χ1v) is 11.2. The lowest BCUT2D eigenvalue weighted by atomic mass is 10.0. The van der Waals surface area contributed by atoms with Crippen molar-refractivity contribution in [2.75, 3.05) is 36.8 Å². The Morgan fingerprint density at radius 2 is 1.44 bits per heavy atom. The molecule has 4 aromatic rings. The van der Waals surface area contributed by atoms with Crippen LogP contribution in [0.25, 0.3) is 21.5 Å². The van der Waals surface area contributed by atoms with Gasteiger partial charge in [-0.1, -0.05) is 83.0 Å². The molecule has 5 nitrogen and oxygen atoms in total. The van der Waals surface area contributed by atoms with Crippen LogP contribution in [0.2, 0.25) is 10.0 Å². The van der Waals surface area contributed by atoms with E-state index in [0.29, 0.717) is 16.6 Å². The molecule has 0 aliphatic carbocycles. The summed E-state index contributed by atoms with van der Waals surface area (Å²) < 4.78 is 0. The zero-order valence-electron chi connectivity index (χ0n) is 17.4. The Bertz CT molecular complexity index is 1260. The maximum Gasteiger partial charge on any atom is 0.0754 e. The summed E-state index contributed by atoms with van der Waals surface area (Å²) >= 11 is 12.8. The van der Waals surface area contributed by atoms with E-state index in [1.165, 1.54) is 6.21 Å². The minimum absolute atomic E-state index is 0.654. The Kier molecular flexibility index (Phi) is 7.32. The minimum atomic E-state index is 0.654. The standard InChI is InChI=1S/C25H24Cl2N4O/c26-21-7-3-5-18-10-11-22(27)25(23(18)21)30-15-13-28-12-14-29-24-19(16-31-32)9-8-17-4-1-2-6-20(17)24/h1-11,16,28-30,32H,12-15H2/b31-16-. The van der Waals surface area contributed by atoms with Gasteiger partial charge in [0.25, 0.3) is 0 Å². The fourth-order valence-electron chi connectivity index (χ4n) is 3.81. The number of nitrogens with zero attached hydrogens (tertiary/aromatic N) is 1. The second-order valence-electron chi connectivity index (χ2n) is 7.36. The van der Waals surface area contributed by atoms with E-state index in [1.54, 1.807) is 0 Å². The van der Waals surface area contributed by atoms with Gasteiger partial charge in [-0.3, -0.25) is 0 Å². The van der Waals surface area contributed by atoms with Gasteiger partial charge in [-0.15, -0.1) is 0 Å². The highest BCUT2D eigenvalue weighted by molar-refractivity contribution is 6.40. The van der Waals surface area contributed by atoms with Crippen molar-refractivity contribution in [3.63, 3.8) is 0 Å². The third-order valence-electron chi connectivity index (χ3n) is 5.31. The van der Waals surface area contributed by atoms with Gasteiger partial charge in [0.1, 0.15) is 0 Å². The molecule has 0 atom stereocenters. The number of oxime groups is 1. The Balaban J connectivity index is 1.32. The zero-order chi connectivity index (χ0) is 22.3. The van der Waals surface area contributed by atoms with Gasteiger partial charge in [-0.25, -0.2) is 0 Å². The molecule has 0 spiro atoms. The molecule has 4 N–H and O–H groups in total. The first kappa shape index (κ1) is 22.2. The van der Waals surface area contributed by atoms with E-state index in [2.05, 4.69) is 33.2 Å². The average Bonchev–Trinajstić information content (AvgIpc) is 2.81. The number of hydrogen-bond donors (Lipinski definition) is 4. The highest BCUT2D eigenvalue weighted by Gasteiger charge is 2.09. The fraction of sp³-hybridized carbons (Fsp3) is 0.160. The number of anilines is 2. The summed E-state index contributed by atoms with van der Waals surface area (Å²) in [5.74, 6) is 0. The van der Waals surface area contributed by atoms with Crippen molar-refractivity contribution in [1.29, 1.82) is 0 Å². The van der Waals surface area contributed by atoms with Crippen LogP contribution in [0.5, 0.6) is 0 Å². The van der Waals surface area contributed by atoms with Crippen molar-refractivity contribution in [1.82, 2.24) is 5.32 Å². The van der Waals surface area contributed by atoms with Gasteiger partial charge >= 0.3 is 0 Å². The summed E-state index contributed by atoms with van der Waals surface area (Å²) in [5, 5.41) is 28.0. The van der Waals surface area contributed by atoms with E-state index < -0.39 is 0 Å². The third-order valence-corrected chi connectivity index (χ3v) is 5.94. The predicted octanol–water partition coefficient (Wildman–Crippen LogP) is 6.22. The summed E-state index contributed by atoms with van der Waals surface area (Å²) in [4.78, 5) is 0. The first-order chi connectivity index (χ1) is 15.7. The quantitative estimate of drug-likeness (QED) is 0.102. The fourth-order valence-corrected chi connectivity index (χ4v) is 4.31. The van der Waals surface area contributed by atoms with Crippen LogP contribution in [-0.2, 0) is 0 Å². The van der Waals surface area contributed by atoms with Crippen LogP contribution in [-0.4, -0.2) is 37.6 Å². The van der Waals surface area contributed by atoms with Crippen LogP contribution < -0.4 is 16.0 Å². The van der Waals surface area contributed by atoms with Crippen molar-refractivity contribution in [3.05, 3.63) is 82.3 Å². The number of nitrogens with one attached hydrogen (secondary N) is 3.